The third-order valence-electron chi connectivity index (χ3n) is 4.08. The van der Waals surface area contributed by atoms with E-state index >= 15 is 0 Å². The van der Waals surface area contributed by atoms with Crippen LogP contribution in [0.1, 0.15) is 58.3 Å². The maximum atomic E-state index is 11.0. The molecule has 86 valence electrons. The minimum atomic E-state index is -0.0960. The number of esters is 1. The Labute approximate surface area is 92.4 Å². The summed E-state index contributed by atoms with van der Waals surface area (Å²) in [5, 5.41) is 0. The Kier molecular flexibility index (Phi) is 3.66. The van der Waals surface area contributed by atoms with Crippen LogP contribution in [0.4, 0.5) is 0 Å². The summed E-state index contributed by atoms with van der Waals surface area (Å²) in [6, 6.07) is 0. The van der Waals surface area contributed by atoms with Crippen molar-refractivity contribution in [2.75, 3.05) is 0 Å². The predicted octanol–water partition coefficient (Wildman–Crippen LogP) is 3.30. The lowest BCUT2D eigenvalue weighted by Crippen LogP contribution is -2.27. The van der Waals surface area contributed by atoms with Crippen molar-refractivity contribution >= 4 is 5.97 Å². The van der Waals surface area contributed by atoms with Gasteiger partial charge in [-0.15, -0.1) is 0 Å². The largest absolute Gasteiger partial charge is 0.462 e. The summed E-state index contributed by atoms with van der Waals surface area (Å²) in [7, 11) is 0. The van der Waals surface area contributed by atoms with Crippen molar-refractivity contribution < 1.29 is 9.53 Å². The molecule has 2 fully saturated rings. The lowest BCUT2D eigenvalue weighted by molar-refractivity contribution is -0.150. The highest BCUT2D eigenvalue weighted by atomic mass is 16.5. The van der Waals surface area contributed by atoms with Gasteiger partial charge in [0.2, 0.25) is 0 Å². The summed E-state index contributed by atoms with van der Waals surface area (Å²) < 4.78 is 5.47. The fourth-order valence-corrected chi connectivity index (χ4v) is 3.28. The quantitative estimate of drug-likeness (QED) is 0.621. The van der Waals surface area contributed by atoms with Crippen LogP contribution < -0.4 is 0 Å². The lowest BCUT2D eigenvalue weighted by Gasteiger charge is -2.28. The SMILES string of the molecule is CC(=O)OC1CCCC2CCCC1CC2. The topological polar surface area (TPSA) is 26.3 Å². The molecule has 0 aromatic carbocycles. The van der Waals surface area contributed by atoms with Crippen LogP contribution in [0.3, 0.4) is 0 Å². The van der Waals surface area contributed by atoms with Crippen LogP contribution in [0.2, 0.25) is 0 Å². The Morgan fingerprint density at radius 1 is 1.00 bits per heavy atom. The van der Waals surface area contributed by atoms with Gasteiger partial charge in [0, 0.05) is 6.92 Å². The molecule has 0 spiro atoms. The van der Waals surface area contributed by atoms with Crippen LogP contribution in [0.5, 0.6) is 0 Å². The van der Waals surface area contributed by atoms with Gasteiger partial charge in [-0.05, 0) is 37.5 Å². The second-order valence-electron chi connectivity index (χ2n) is 5.21. The van der Waals surface area contributed by atoms with E-state index in [1.807, 2.05) is 0 Å². The van der Waals surface area contributed by atoms with Gasteiger partial charge in [-0.25, -0.2) is 0 Å². The summed E-state index contributed by atoms with van der Waals surface area (Å²) in [5.74, 6) is 1.52. The van der Waals surface area contributed by atoms with Gasteiger partial charge in [-0.2, -0.15) is 0 Å². The average Bonchev–Trinajstić information content (AvgIpc) is 2.34. The van der Waals surface area contributed by atoms with Crippen molar-refractivity contribution in [3.05, 3.63) is 0 Å². The van der Waals surface area contributed by atoms with Crippen LogP contribution in [0.15, 0.2) is 0 Å². The summed E-state index contributed by atoms with van der Waals surface area (Å²) in [6.07, 6.45) is 10.6. The number of carbonyl (C=O) groups excluding carboxylic acids is 1. The van der Waals surface area contributed by atoms with Crippen molar-refractivity contribution in [1.82, 2.24) is 0 Å². The molecular formula is C13H22O2. The first-order valence-corrected chi connectivity index (χ1v) is 6.43. The van der Waals surface area contributed by atoms with Gasteiger partial charge in [0.15, 0.2) is 0 Å². The van der Waals surface area contributed by atoms with Gasteiger partial charge in [-0.1, -0.05) is 25.7 Å². The Hall–Kier alpha value is -0.530. The maximum Gasteiger partial charge on any atom is 0.302 e. The molecule has 2 aliphatic rings. The molecule has 0 radical (unpaired) electrons. The normalized spacial score (nSPS) is 36.5. The molecule has 2 heteroatoms. The van der Waals surface area contributed by atoms with Gasteiger partial charge >= 0.3 is 5.97 Å². The standard InChI is InChI=1S/C13H22O2/c1-10(14)15-13-7-3-5-11-4-2-6-12(13)9-8-11/h11-13H,2-9H2,1H3. The van der Waals surface area contributed by atoms with Gasteiger partial charge in [0.1, 0.15) is 6.10 Å². The van der Waals surface area contributed by atoms with Crippen LogP contribution in [-0.4, -0.2) is 12.1 Å². The molecule has 0 aromatic rings. The van der Waals surface area contributed by atoms with Crippen molar-refractivity contribution in [2.45, 2.75) is 64.4 Å². The smallest absolute Gasteiger partial charge is 0.302 e. The van der Waals surface area contributed by atoms with Crippen molar-refractivity contribution in [1.29, 1.82) is 0 Å². The van der Waals surface area contributed by atoms with Gasteiger partial charge in [-0.3, -0.25) is 4.79 Å². The van der Waals surface area contributed by atoms with E-state index in [1.165, 1.54) is 51.9 Å². The Morgan fingerprint density at radius 3 is 2.47 bits per heavy atom. The zero-order chi connectivity index (χ0) is 10.7. The highest BCUT2D eigenvalue weighted by Crippen LogP contribution is 2.37. The van der Waals surface area contributed by atoms with Gasteiger partial charge in [0.25, 0.3) is 0 Å². The number of hydrogen-bond donors (Lipinski definition) is 0. The summed E-state index contributed by atoms with van der Waals surface area (Å²) in [6.45, 7) is 1.54. The minimum Gasteiger partial charge on any atom is -0.462 e. The number of ether oxygens (including phenoxy) is 1. The Bertz CT molecular complexity index is 225. The first-order valence-electron chi connectivity index (χ1n) is 6.43. The zero-order valence-corrected chi connectivity index (χ0v) is 9.71. The molecule has 0 heterocycles. The summed E-state index contributed by atoms with van der Waals surface area (Å²) >= 11 is 0. The summed E-state index contributed by atoms with van der Waals surface area (Å²) in [5.41, 5.74) is 0. The van der Waals surface area contributed by atoms with Gasteiger partial charge in [0.05, 0.1) is 0 Å². The molecule has 0 aromatic heterocycles. The van der Waals surface area contributed by atoms with E-state index in [0.717, 1.165) is 12.3 Å². The van der Waals surface area contributed by atoms with E-state index in [1.54, 1.807) is 0 Å². The molecule has 2 bridgehead atoms. The molecule has 0 N–H and O–H groups in total. The van der Waals surface area contributed by atoms with Crippen molar-refractivity contribution in [3.63, 3.8) is 0 Å². The third kappa shape index (κ3) is 2.96. The van der Waals surface area contributed by atoms with Crippen molar-refractivity contribution in [3.8, 4) is 0 Å². The molecule has 3 atom stereocenters. The molecule has 2 nitrogen and oxygen atoms in total. The highest BCUT2D eigenvalue weighted by molar-refractivity contribution is 5.66. The monoisotopic (exact) mass is 210 g/mol. The summed E-state index contributed by atoms with van der Waals surface area (Å²) in [4.78, 5) is 11.0. The van der Waals surface area contributed by atoms with Crippen LogP contribution >= 0.6 is 0 Å². The molecule has 2 saturated carbocycles. The molecule has 3 unspecified atom stereocenters. The second kappa shape index (κ2) is 5.00. The highest BCUT2D eigenvalue weighted by Gasteiger charge is 2.29. The fraction of sp³-hybridized carbons (Fsp3) is 0.923. The molecular weight excluding hydrogens is 188 g/mol. The van der Waals surface area contributed by atoms with E-state index in [0.29, 0.717) is 5.92 Å². The number of carbonyl (C=O) groups is 1. The van der Waals surface area contributed by atoms with E-state index in [2.05, 4.69) is 0 Å². The van der Waals surface area contributed by atoms with E-state index in [9.17, 15) is 4.79 Å². The molecule has 2 rings (SSSR count). The zero-order valence-electron chi connectivity index (χ0n) is 9.71. The fourth-order valence-electron chi connectivity index (χ4n) is 3.28. The molecule has 0 aliphatic heterocycles. The maximum absolute atomic E-state index is 11.0. The predicted molar refractivity (Wildman–Crippen MR) is 59.5 cm³/mol. The number of rotatable bonds is 1. The van der Waals surface area contributed by atoms with Crippen LogP contribution in [-0.2, 0) is 9.53 Å². The number of hydrogen-bond acceptors (Lipinski definition) is 2. The van der Waals surface area contributed by atoms with E-state index in [4.69, 9.17) is 4.74 Å². The first-order chi connectivity index (χ1) is 7.25. The van der Waals surface area contributed by atoms with E-state index < -0.39 is 0 Å². The average molecular weight is 210 g/mol. The second-order valence-corrected chi connectivity index (χ2v) is 5.21. The van der Waals surface area contributed by atoms with E-state index in [-0.39, 0.29) is 12.1 Å². The lowest BCUT2D eigenvalue weighted by atomic mass is 9.85. The third-order valence-corrected chi connectivity index (χ3v) is 4.08. The molecule has 0 saturated heterocycles. The Morgan fingerprint density at radius 2 is 1.73 bits per heavy atom. The van der Waals surface area contributed by atoms with Crippen molar-refractivity contribution in [2.24, 2.45) is 11.8 Å². The van der Waals surface area contributed by atoms with Crippen LogP contribution in [0, 0.1) is 11.8 Å². The molecule has 0 amide bonds. The molecule has 2 aliphatic carbocycles. The van der Waals surface area contributed by atoms with Gasteiger partial charge < -0.3 is 4.74 Å². The number of fused-ring (bicyclic) bond motifs is 3. The Balaban J connectivity index is 2.00. The molecule has 15 heavy (non-hydrogen) atoms. The minimum absolute atomic E-state index is 0.0960. The van der Waals surface area contributed by atoms with Crippen LogP contribution in [0.25, 0.3) is 0 Å². The first kappa shape index (κ1) is 11.0.